The molecular weight excluding hydrogens is 296 g/mol. The molecule has 6 heteroatoms. The molecule has 1 aliphatic heterocycles. The third-order valence-corrected chi connectivity index (χ3v) is 4.78. The van der Waals surface area contributed by atoms with Crippen LogP contribution in [0.2, 0.25) is 0 Å². The monoisotopic (exact) mass is 318 g/mol. The Kier molecular flexibility index (Phi) is 4.90. The van der Waals surface area contributed by atoms with Crippen LogP contribution in [0, 0.1) is 0 Å². The van der Waals surface area contributed by atoms with Gasteiger partial charge in [-0.2, -0.15) is 11.3 Å². The molecule has 22 heavy (non-hydrogen) atoms. The number of aliphatic hydroxyl groups excluding tert-OH is 1. The highest BCUT2D eigenvalue weighted by Crippen LogP contribution is 2.24. The van der Waals surface area contributed by atoms with Crippen molar-refractivity contribution in [3.05, 3.63) is 34.8 Å². The van der Waals surface area contributed by atoms with E-state index in [1.165, 1.54) is 5.56 Å². The van der Waals surface area contributed by atoms with Crippen molar-refractivity contribution in [1.82, 2.24) is 9.97 Å². The summed E-state index contributed by atoms with van der Waals surface area (Å²) in [5.41, 5.74) is 1.35. The van der Waals surface area contributed by atoms with Crippen molar-refractivity contribution in [1.29, 1.82) is 0 Å². The fourth-order valence-electron chi connectivity index (χ4n) is 2.98. The minimum absolute atomic E-state index is 0.182. The average molecular weight is 318 g/mol. The summed E-state index contributed by atoms with van der Waals surface area (Å²) in [4.78, 5) is 10.9. The van der Waals surface area contributed by atoms with E-state index in [2.05, 4.69) is 43.9 Å². The van der Waals surface area contributed by atoms with Crippen molar-refractivity contribution in [3.63, 3.8) is 0 Å². The van der Waals surface area contributed by atoms with Gasteiger partial charge in [0.15, 0.2) is 0 Å². The predicted molar refractivity (Wildman–Crippen MR) is 90.6 cm³/mol. The van der Waals surface area contributed by atoms with E-state index in [-0.39, 0.29) is 12.6 Å². The van der Waals surface area contributed by atoms with Gasteiger partial charge in [-0.15, -0.1) is 0 Å². The molecule has 0 radical (unpaired) electrons. The quantitative estimate of drug-likeness (QED) is 0.857. The number of hydrogen-bond donors (Lipinski definition) is 2. The highest BCUT2D eigenvalue weighted by Gasteiger charge is 2.25. The fourth-order valence-corrected chi connectivity index (χ4v) is 3.66. The molecule has 0 bridgehead atoms. The van der Waals surface area contributed by atoms with Gasteiger partial charge in [0.05, 0.1) is 12.6 Å². The summed E-state index contributed by atoms with van der Waals surface area (Å²) in [6.45, 7) is 3.29. The van der Waals surface area contributed by atoms with Crippen LogP contribution in [-0.2, 0) is 6.42 Å². The standard InChI is InChI=1S/C16H22N4OS/c1-12(7-13-4-6-22-10-13)19-15-8-16(18-11-17-15)20-5-2-3-14(20)9-21/h4,6,8,10-12,14,21H,2-3,5,7,9H2,1H3,(H,17,18,19)/t12-,14-/m1/s1. The largest absolute Gasteiger partial charge is 0.394 e. The first-order valence-electron chi connectivity index (χ1n) is 7.73. The summed E-state index contributed by atoms with van der Waals surface area (Å²) >= 11 is 1.73. The van der Waals surface area contributed by atoms with Gasteiger partial charge in [-0.1, -0.05) is 0 Å². The van der Waals surface area contributed by atoms with Gasteiger partial charge in [0.25, 0.3) is 0 Å². The van der Waals surface area contributed by atoms with Gasteiger partial charge in [0.1, 0.15) is 18.0 Å². The van der Waals surface area contributed by atoms with Gasteiger partial charge in [-0.25, -0.2) is 9.97 Å². The van der Waals surface area contributed by atoms with Crippen molar-refractivity contribution < 1.29 is 5.11 Å². The van der Waals surface area contributed by atoms with Gasteiger partial charge in [0, 0.05) is 18.7 Å². The van der Waals surface area contributed by atoms with Crippen LogP contribution in [0.15, 0.2) is 29.2 Å². The third kappa shape index (κ3) is 3.56. The van der Waals surface area contributed by atoms with Crippen LogP contribution in [0.25, 0.3) is 0 Å². The molecule has 118 valence electrons. The second-order valence-corrected chi connectivity index (χ2v) is 6.59. The van der Waals surface area contributed by atoms with E-state index in [1.54, 1.807) is 17.7 Å². The highest BCUT2D eigenvalue weighted by atomic mass is 32.1. The Labute approximate surface area is 135 Å². The first kappa shape index (κ1) is 15.2. The van der Waals surface area contributed by atoms with Crippen molar-refractivity contribution in [2.45, 2.75) is 38.3 Å². The first-order valence-corrected chi connectivity index (χ1v) is 8.67. The van der Waals surface area contributed by atoms with Gasteiger partial charge >= 0.3 is 0 Å². The zero-order valence-corrected chi connectivity index (χ0v) is 13.6. The molecule has 3 heterocycles. The van der Waals surface area contributed by atoms with Crippen LogP contribution in [0.3, 0.4) is 0 Å². The summed E-state index contributed by atoms with van der Waals surface area (Å²) in [6, 6.07) is 4.64. The molecule has 5 nitrogen and oxygen atoms in total. The summed E-state index contributed by atoms with van der Waals surface area (Å²) in [7, 11) is 0. The third-order valence-electron chi connectivity index (χ3n) is 4.05. The normalized spacial score (nSPS) is 19.4. The molecule has 2 aromatic heterocycles. The van der Waals surface area contributed by atoms with Crippen molar-refractivity contribution in [2.24, 2.45) is 0 Å². The van der Waals surface area contributed by atoms with Crippen molar-refractivity contribution >= 4 is 23.0 Å². The zero-order chi connectivity index (χ0) is 15.4. The van der Waals surface area contributed by atoms with E-state index >= 15 is 0 Å². The lowest BCUT2D eigenvalue weighted by Crippen LogP contribution is -2.32. The molecule has 1 aliphatic rings. The van der Waals surface area contributed by atoms with Gasteiger partial charge in [-0.3, -0.25) is 0 Å². The summed E-state index contributed by atoms with van der Waals surface area (Å²) in [5, 5.41) is 17.2. The SMILES string of the molecule is C[C@H](Cc1ccsc1)Nc1cc(N2CCC[C@@H]2CO)ncn1. The molecule has 2 N–H and O–H groups in total. The number of thiophene rings is 1. The number of anilines is 2. The summed E-state index contributed by atoms with van der Waals surface area (Å²) in [6.07, 6.45) is 4.71. The molecule has 2 atom stereocenters. The second kappa shape index (κ2) is 7.07. The lowest BCUT2D eigenvalue weighted by atomic mass is 10.1. The Morgan fingerprint density at radius 2 is 2.41 bits per heavy atom. The average Bonchev–Trinajstić information content (AvgIpc) is 3.18. The molecule has 1 saturated heterocycles. The molecule has 2 aromatic rings. The molecule has 3 rings (SSSR count). The van der Waals surface area contributed by atoms with E-state index in [4.69, 9.17) is 0 Å². The molecule has 0 unspecified atom stereocenters. The Balaban J connectivity index is 1.66. The van der Waals surface area contributed by atoms with E-state index in [1.807, 2.05) is 6.07 Å². The second-order valence-electron chi connectivity index (χ2n) is 5.81. The number of rotatable bonds is 6. The zero-order valence-electron chi connectivity index (χ0n) is 12.8. The van der Waals surface area contributed by atoms with Crippen LogP contribution in [0.5, 0.6) is 0 Å². The lowest BCUT2D eigenvalue weighted by Gasteiger charge is -2.24. The maximum absolute atomic E-state index is 9.46. The molecule has 0 spiro atoms. The Morgan fingerprint density at radius 1 is 1.50 bits per heavy atom. The Morgan fingerprint density at radius 3 is 3.18 bits per heavy atom. The van der Waals surface area contributed by atoms with Crippen LogP contribution in [0.4, 0.5) is 11.6 Å². The minimum atomic E-state index is 0.182. The topological polar surface area (TPSA) is 61.3 Å². The van der Waals surface area contributed by atoms with E-state index < -0.39 is 0 Å². The maximum Gasteiger partial charge on any atom is 0.134 e. The first-order chi connectivity index (χ1) is 10.8. The fraction of sp³-hybridized carbons (Fsp3) is 0.500. The minimum Gasteiger partial charge on any atom is -0.394 e. The number of nitrogens with zero attached hydrogens (tertiary/aromatic N) is 3. The lowest BCUT2D eigenvalue weighted by molar-refractivity contribution is 0.266. The van der Waals surface area contributed by atoms with Crippen molar-refractivity contribution in [3.8, 4) is 0 Å². The van der Waals surface area contributed by atoms with Gasteiger partial charge in [-0.05, 0) is 48.6 Å². The molecule has 0 amide bonds. The summed E-state index contributed by atoms with van der Waals surface area (Å²) < 4.78 is 0. The van der Waals surface area contributed by atoms with Gasteiger partial charge in [0.2, 0.25) is 0 Å². The number of aromatic nitrogens is 2. The highest BCUT2D eigenvalue weighted by molar-refractivity contribution is 7.07. The van der Waals surface area contributed by atoms with Crippen LogP contribution >= 0.6 is 11.3 Å². The Hall–Kier alpha value is -1.66. The summed E-state index contributed by atoms with van der Waals surface area (Å²) in [5.74, 6) is 1.74. The maximum atomic E-state index is 9.46. The van der Waals surface area contributed by atoms with Crippen molar-refractivity contribution in [2.75, 3.05) is 23.4 Å². The predicted octanol–water partition coefficient (Wildman–Crippen LogP) is 2.54. The molecule has 0 saturated carbocycles. The molecular formula is C16H22N4OS. The molecule has 0 aliphatic carbocycles. The number of nitrogens with one attached hydrogen (secondary N) is 1. The number of hydrogen-bond acceptors (Lipinski definition) is 6. The Bertz CT molecular complexity index is 590. The van der Waals surface area contributed by atoms with Crippen LogP contribution in [0.1, 0.15) is 25.3 Å². The molecule has 1 fully saturated rings. The van der Waals surface area contributed by atoms with E-state index in [9.17, 15) is 5.11 Å². The van der Waals surface area contributed by atoms with E-state index in [0.717, 1.165) is 37.4 Å². The van der Waals surface area contributed by atoms with Crippen LogP contribution < -0.4 is 10.2 Å². The van der Waals surface area contributed by atoms with Crippen LogP contribution in [-0.4, -0.2) is 40.3 Å². The van der Waals surface area contributed by atoms with Gasteiger partial charge < -0.3 is 15.3 Å². The smallest absolute Gasteiger partial charge is 0.134 e. The molecule has 0 aromatic carbocycles. The number of aliphatic hydroxyl groups is 1. The van der Waals surface area contributed by atoms with E-state index in [0.29, 0.717) is 6.04 Å².